The maximum absolute atomic E-state index is 13.3. The molecule has 5 rings (SSSR count). The highest BCUT2D eigenvalue weighted by molar-refractivity contribution is 7.92. The van der Waals surface area contributed by atoms with Crippen molar-refractivity contribution in [3.8, 4) is 5.75 Å². The van der Waals surface area contributed by atoms with Crippen molar-refractivity contribution in [1.29, 1.82) is 0 Å². The summed E-state index contributed by atoms with van der Waals surface area (Å²) < 4.78 is 27.1. The monoisotopic (exact) mass is 409 g/mol. The van der Waals surface area contributed by atoms with Gasteiger partial charge in [-0.05, 0) is 36.6 Å². The van der Waals surface area contributed by atoms with Crippen molar-refractivity contribution in [2.45, 2.75) is 30.7 Å². The van der Waals surface area contributed by atoms with E-state index in [2.05, 4.69) is 9.98 Å². The van der Waals surface area contributed by atoms with Crippen LogP contribution >= 0.6 is 0 Å². The lowest BCUT2D eigenvalue weighted by molar-refractivity contribution is 0.476. The summed E-state index contributed by atoms with van der Waals surface area (Å²) in [6.45, 7) is 0.473. The van der Waals surface area contributed by atoms with Crippen LogP contribution in [-0.2, 0) is 16.4 Å². The number of fused-ring (bicyclic) bond motifs is 2. The fourth-order valence-corrected chi connectivity index (χ4v) is 5.27. The third kappa shape index (κ3) is 3.04. The van der Waals surface area contributed by atoms with Gasteiger partial charge in [-0.1, -0.05) is 25.0 Å². The normalized spacial score (nSPS) is 17.7. The van der Waals surface area contributed by atoms with Crippen LogP contribution in [0.15, 0.2) is 57.3 Å². The van der Waals surface area contributed by atoms with Gasteiger partial charge >= 0.3 is 0 Å². The third-order valence-corrected chi connectivity index (χ3v) is 7.19. The van der Waals surface area contributed by atoms with Crippen LogP contribution in [0.3, 0.4) is 0 Å². The molecular weight excluding hydrogens is 390 g/mol. The number of aryl methyl sites for hydroxylation is 1. The summed E-state index contributed by atoms with van der Waals surface area (Å²) in [5.41, 5.74) is 0.238. The van der Waals surface area contributed by atoms with Gasteiger partial charge < -0.3 is 5.11 Å². The van der Waals surface area contributed by atoms with Crippen LogP contribution in [0.25, 0.3) is 11.0 Å². The molecular formula is C21H19N3O4S. The molecule has 0 atom stereocenters. The van der Waals surface area contributed by atoms with Crippen LogP contribution in [0, 0.1) is 5.92 Å². The summed E-state index contributed by atoms with van der Waals surface area (Å²) in [7, 11) is -3.66. The number of rotatable bonds is 4. The minimum atomic E-state index is -3.66. The van der Waals surface area contributed by atoms with E-state index in [0.29, 0.717) is 23.5 Å². The number of nitrogens with zero attached hydrogens (tertiary/aromatic N) is 3. The Morgan fingerprint density at radius 2 is 1.93 bits per heavy atom. The zero-order valence-corrected chi connectivity index (χ0v) is 16.4. The van der Waals surface area contributed by atoms with Crippen molar-refractivity contribution in [1.82, 2.24) is 9.55 Å². The van der Waals surface area contributed by atoms with E-state index in [1.807, 2.05) is 0 Å². The van der Waals surface area contributed by atoms with Gasteiger partial charge in [-0.15, -0.1) is 0 Å². The number of hydrogen-bond donors (Lipinski definition) is 1. The average Bonchev–Trinajstić information content (AvgIpc) is 3.52. The molecule has 29 heavy (non-hydrogen) atoms. The van der Waals surface area contributed by atoms with E-state index in [0.717, 1.165) is 19.3 Å². The molecule has 0 radical (unpaired) electrons. The molecule has 2 aromatic heterocycles. The average molecular weight is 409 g/mol. The molecule has 1 aliphatic carbocycles. The molecule has 1 aliphatic heterocycles. The first kappa shape index (κ1) is 18.1. The lowest BCUT2D eigenvalue weighted by Crippen LogP contribution is -2.32. The fourth-order valence-electron chi connectivity index (χ4n) is 3.83. The van der Waals surface area contributed by atoms with Gasteiger partial charge in [-0.2, -0.15) is 0 Å². The minimum absolute atomic E-state index is 0.0561. The quantitative estimate of drug-likeness (QED) is 0.714. The summed E-state index contributed by atoms with van der Waals surface area (Å²) in [5, 5.41) is 11.3. The Kier molecular flexibility index (Phi) is 4.06. The molecule has 1 saturated carbocycles. The second-order valence-electron chi connectivity index (χ2n) is 7.57. The van der Waals surface area contributed by atoms with Crippen molar-refractivity contribution >= 4 is 32.3 Å². The molecule has 1 aromatic carbocycles. The van der Waals surface area contributed by atoms with E-state index in [1.54, 1.807) is 41.1 Å². The van der Waals surface area contributed by atoms with Crippen LogP contribution in [-0.4, -0.2) is 34.5 Å². The molecule has 1 fully saturated rings. The Morgan fingerprint density at radius 3 is 2.72 bits per heavy atom. The van der Waals surface area contributed by atoms with E-state index < -0.39 is 21.1 Å². The molecule has 0 spiro atoms. The Labute approximate surface area is 167 Å². The van der Waals surface area contributed by atoms with Gasteiger partial charge in [0.15, 0.2) is 9.84 Å². The van der Waals surface area contributed by atoms with Crippen molar-refractivity contribution < 1.29 is 13.5 Å². The largest absolute Gasteiger partial charge is 0.506 e. The second kappa shape index (κ2) is 6.52. The Bertz CT molecular complexity index is 1340. The van der Waals surface area contributed by atoms with Gasteiger partial charge in [0.2, 0.25) is 0 Å². The van der Waals surface area contributed by atoms with Crippen LogP contribution in [0.2, 0.25) is 0 Å². The molecule has 148 valence electrons. The Morgan fingerprint density at radius 1 is 1.14 bits per heavy atom. The van der Waals surface area contributed by atoms with Crippen LogP contribution in [0.4, 0.5) is 5.69 Å². The molecule has 0 amide bonds. The van der Waals surface area contributed by atoms with Crippen LogP contribution in [0.5, 0.6) is 5.75 Å². The number of aromatic hydroxyl groups is 1. The summed E-state index contributed by atoms with van der Waals surface area (Å²) >= 11 is 0. The zero-order valence-electron chi connectivity index (χ0n) is 15.6. The molecule has 3 aromatic rings. The number of hydrogen-bond acceptors (Lipinski definition) is 6. The van der Waals surface area contributed by atoms with Crippen LogP contribution < -0.4 is 5.56 Å². The van der Waals surface area contributed by atoms with Crippen molar-refractivity contribution in [3.05, 3.63) is 58.5 Å². The van der Waals surface area contributed by atoms with Gasteiger partial charge in [0.25, 0.3) is 5.56 Å². The lowest BCUT2D eigenvalue weighted by Gasteiger charge is -2.19. The second-order valence-corrected chi connectivity index (χ2v) is 9.53. The van der Waals surface area contributed by atoms with Gasteiger partial charge in [-0.3, -0.25) is 14.4 Å². The van der Waals surface area contributed by atoms with Gasteiger partial charge in [0.1, 0.15) is 17.0 Å². The zero-order chi connectivity index (χ0) is 20.2. The number of pyridine rings is 2. The first-order chi connectivity index (χ1) is 14.0. The molecule has 0 unspecified atom stereocenters. The highest BCUT2D eigenvalue weighted by atomic mass is 32.2. The van der Waals surface area contributed by atoms with Crippen molar-refractivity contribution in [2.24, 2.45) is 10.9 Å². The third-order valence-electron chi connectivity index (χ3n) is 5.52. The van der Waals surface area contributed by atoms with Gasteiger partial charge in [-0.25, -0.2) is 13.4 Å². The molecule has 0 saturated heterocycles. The summed E-state index contributed by atoms with van der Waals surface area (Å²) in [5.74, 6) is -0.0902. The first-order valence-corrected chi connectivity index (χ1v) is 11.2. The van der Waals surface area contributed by atoms with E-state index in [4.69, 9.17) is 0 Å². The number of aliphatic imine (C=N–C) groups is 1. The predicted octanol–water partition coefficient (Wildman–Crippen LogP) is 2.81. The molecule has 2 aliphatic rings. The first-order valence-electron chi connectivity index (χ1n) is 9.56. The van der Waals surface area contributed by atoms with E-state index >= 15 is 0 Å². The number of aromatic nitrogens is 2. The van der Waals surface area contributed by atoms with Gasteiger partial charge in [0.05, 0.1) is 27.4 Å². The van der Waals surface area contributed by atoms with Gasteiger partial charge in [0, 0.05) is 12.7 Å². The van der Waals surface area contributed by atoms with Crippen molar-refractivity contribution in [2.75, 3.05) is 5.75 Å². The maximum Gasteiger partial charge on any atom is 0.265 e. The number of benzene rings is 1. The van der Waals surface area contributed by atoms with E-state index in [9.17, 15) is 18.3 Å². The number of sulfone groups is 1. The SMILES string of the molecule is O=c1c(C2=Nc3ccccc3S(=O)(=O)C2)c(O)c2cccnc2n1CCC1CC1. The molecule has 0 bridgehead atoms. The molecule has 8 heteroatoms. The standard InChI is InChI=1S/C21H19N3O4S/c25-19-14-4-3-10-22-20(14)24(11-9-13-7-8-13)21(26)18(19)16-12-29(27,28)17-6-2-1-5-15(17)23-16/h1-6,10,13,25H,7-9,11-12H2. The maximum atomic E-state index is 13.3. The predicted molar refractivity (Wildman–Crippen MR) is 110 cm³/mol. The number of para-hydroxylation sites is 1. The van der Waals surface area contributed by atoms with Crippen LogP contribution in [0.1, 0.15) is 24.8 Å². The molecule has 7 nitrogen and oxygen atoms in total. The summed E-state index contributed by atoms with van der Waals surface area (Å²) in [6.07, 6.45) is 4.75. The topological polar surface area (TPSA) is 102 Å². The highest BCUT2D eigenvalue weighted by Gasteiger charge is 2.31. The van der Waals surface area contributed by atoms with E-state index in [-0.39, 0.29) is 27.6 Å². The highest BCUT2D eigenvalue weighted by Crippen LogP contribution is 2.35. The minimum Gasteiger partial charge on any atom is -0.506 e. The fraction of sp³-hybridized carbons (Fsp3) is 0.286. The molecule has 3 heterocycles. The van der Waals surface area contributed by atoms with E-state index in [1.165, 1.54) is 6.07 Å². The smallest absolute Gasteiger partial charge is 0.265 e. The summed E-state index contributed by atoms with van der Waals surface area (Å²) in [6, 6.07) is 9.79. The Balaban J connectivity index is 1.75. The Hall–Kier alpha value is -3.00. The van der Waals surface area contributed by atoms with Crippen molar-refractivity contribution in [3.63, 3.8) is 0 Å². The summed E-state index contributed by atoms with van der Waals surface area (Å²) in [4.78, 5) is 22.2. The molecule has 1 N–H and O–H groups in total. The lowest BCUT2D eigenvalue weighted by atomic mass is 10.1.